The fourth-order valence-corrected chi connectivity index (χ4v) is 2.04. The zero-order valence-electron chi connectivity index (χ0n) is 12.4. The van der Waals surface area contributed by atoms with E-state index < -0.39 is 11.7 Å². The minimum absolute atomic E-state index is 0.0372. The van der Waals surface area contributed by atoms with Crippen LogP contribution >= 0.6 is 0 Å². The predicted octanol–water partition coefficient (Wildman–Crippen LogP) is 2.28. The van der Waals surface area contributed by atoms with E-state index in [9.17, 15) is 10.1 Å². The summed E-state index contributed by atoms with van der Waals surface area (Å²) in [5.74, 6) is -1.71. The second-order valence-corrected chi connectivity index (χ2v) is 4.77. The molecule has 24 heavy (non-hydrogen) atoms. The monoisotopic (exact) mass is 320 g/mol. The number of aromatic nitrogens is 3. The van der Waals surface area contributed by atoms with Crippen LogP contribution in [0.25, 0.3) is 0 Å². The molecule has 1 aromatic carbocycles. The van der Waals surface area contributed by atoms with Crippen molar-refractivity contribution in [3.8, 4) is 6.07 Å². The maximum absolute atomic E-state index is 12.3. The number of carbonyl (C=O) groups is 1. The molecule has 0 bridgehead atoms. The lowest BCUT2D eigenvalue weighted by Gasteiger charge is -2.09. The summed E-state index contributed by atoms with van der Waals surface area (Å²) in [6.07, 6.45) is 1.35. The third-order valence-electron chi connectivity index (χ3n) is 3.11. The molecule has 0 amide bonds. The average Bonchev–Trinajstić information content (AvgIpc) is 3.10. The first-order valence-corrected chi connectivity index (χ1v) is 6.98. The van der Waals surface area contributed by atoms with Gasteiger partial charge in [-0.05, 0) is 24.3 Å². The third kappa shape index (κ3) is 3.20. The molecule has 8 heteroatoms. The Morgan fingerprint density at radius 3 is 2.62 bits per heavy atom. The highest BCUT2D eigenvalue weighted by molar-refractivity contribution is 6.00. The number of hydrogen-bond acceptors (Lipinski definition) is 8. The zero-order chi connectivity index (χ0) is 16.9. The molecule has 0 saturated carbocycles. The quantitative estimate of drug-likeness (QED) is 0.684. The lowest BCUT2D eigenvalue weighted by atomic mass is 10.0. The second-order valence-electron chi connectivity index (χ2n) is 4.77. The Hall–Kier alpha value is -3.73. The SMILES string of the molecule is N#C[C@H](C(=O)c1ccco1)c1nc(N)nc(Nc2ccccc2)n1. The molecule has 8 nitrogen and oxygen atoms in total. The topological polar surface area (TPSA) is 131 Å². The van der Waals surface area contributed by atoms with Crippen molar-refractivity contribution in [2.24, 2.45) is 0 Å². The minimum atomic E-state index is -1.24. The van der Waals surface area contributed by atoms with E-state index in [1.54, 1.807) is 6.07 Å². The van der Waals surface area contributed by atoms with Gasteiger partial charge in [0.15, 0.2) is 17.5 Å². The van der Waals surface area contributed by atoms with E-state index in [1.807, 2.05) is 36.4 Å². The Labute approximate surface area is 137 Å². The Balaban J connectivity index is 1.92. The molecule has 1 atom stereocenters. The van der Waals surface area contributed by atoms with Gasteiger partial charge in [-0.2, -0.15) is 20.2 Å². The first-order chi connectivity index (χ1) is 11.7. The van der Waals surface area contributed by atoms with Crippen molar-refractivity contribution in [2.75, 3.05) is 11.1 Å². The number of anilines is 3. The van der Waals surface area contributed by atoms with Crippen molar-refractivity contribution in [1.29, 1.82) is 5.26 Å². The molecular weight excluding hydrogens is 308 g/mol. The number of furan rings is 1. The number of hydrogen-bond donors (Lipinski definition) is 2. The van der Waals surface area contributed by atoms with Gasteiger partial charge >= 0.3 is 0 Å². The Morgan fingerprint density at radius 2 is 1.96 bits per heavy atom. The first kappa shape index (κ1) is 15.2. The van der Waals surface area contributed by atoms with Gasteiger partial charge < -0.3 is 15.5 Å². The summed E-state index contributed by atoms with van der Waals surface area (Å²) >= 11 is 0. The standard InChI is InChI=1S/C16H12N6O2/c17-9-11(13(23)12-7-4-8-24-12)14-20-15(18)22-16(21-14)19-10-5-2-1-3-6-10/h1-8,11H,(H3,18,19,20,21,22)/t11-/m1/s1. The van der Waals surface area contributed by atoms with Crippen molar-refractivity contribution >= 4 is 23.4 Å². The Morgan fingerprint density at radius 1 is 1.17 bits per heavy atom. The summed E-state index contributed by atoms with van der Waals surface area (Å²) in [7, 11) is 0. The summed E-state index contributed by atoms with van der Waals surface area (Å²) in [6.45, 7) is 0. The van der Waals surface area contributed by atoms with Crippen LogP contribution in [0.2, 0.25) is 0 Å². The fraction of sp³-hybridized carbons (Fsp3) is 0.0625. The molecule has 3 N–H and O–H groups in total. The molecule has 0 fully saturated rings. The van der Waals surface area contributed by atoms with Gasteiger partial charge in [0, 0.05) is 5.69 Å². The van der Waals surface area contributed by atoms with Crippen LogP contribution in [0.5, 0.6) is 0 Å². The number of nitrogens with zero attached hydrogens (tertiary/aromatic N) is 4. The van der Waals surface area contributed by atoms with E-state index in [0.717, 1.165) is 5.69 Å². The van der Waals surface area contributed by atoms with Crippen LogP contribution in [-0.2, 0) is 0 Å². The van der Waals surface area contributed by atoms with Crippen molar-refractivity contribution in [3.63, 3.8) is 0 Å². The van der Waals surface area contributed by atoms with Crippen LogP contribution in [0.15, 0.2) is 53.1 Å². The van der Waals surface area contributed by atoms with Gasteiger partial charge in [-0.15, -0.1) is 0 Å². The summed E-state index contributed by atoms with van der Waals surface area (Å²) in [5, 5.41) is 12.3. The number of benzene rings is 1. The van der Waals surface area contributed by atoms with Crippen LogP contribution in [0.1, 0.15) is 22.3 Å². The lowest BCUT2D eigenvalue weighted by Crippen LogP contribution is -2.16. The van der Waals surface area contributed by atoms with Crippen LogP contribution in [0.4, 0.5) is 17.6 Å². The molecule has 0 spiro atoms. The molecule has 0 aliphatic carbocycles. The number of carbonyl (C=O) groups excluding carboxylic acids is 1. The number of ketones is 1. The number of nitriles is 1. The summed E-state index contributed by atoms with van der Waals surface area (Å²) in [5.41, 5.74) is 6.41. The summed E-state index contributed by atoms with van der Waals surface area (Å²) < 4.78 is 5.04. The van der Waals surface area contributed by atoms with E-state index in [4.69, 9.17) is 10.2 Å². The number of Topliss-reactive ketones (excluding diaryl/α,β-unsaturated/α-hetero) is 1. The average molecular weight is 320 g/mol. The van der Waals surface area contributed by atoms with E-state index in [1.165, 1.54) is 12.3 Å². The van der Waals surface area contributed by atoms with Gasteiger partial charge in [-0.3, -0.25) is 4.79 Å². The van der Waals surface area contributed by atoms with Gasteiger partial charge in [0.25, 0.3) is 0 Å². The molecule has 0 unspecified atom stereocenters. The van der Waals surface area contributed by atoms with E-state index >= 15 is 0 Å². The molecule has 118 valence electrons. The Bertz CT molecular complexity index is 887. The third-order valence-corrected chi connectivity index (χ3v) is 3.11. The smallest absolute Gasteiger partial charge is 0.232 e. The highest BCUT2D eigenvalue weighted by atomic mass is 16.3. The Kier molecular flexibility index (Phi) is 4.16. The first-order valence-electron chi connectivity index (χ1n) is 6.98. The van der Waals surface area contributed by atoms with Gasteiger partial charge in [0.2, 0.25) is 17.7 Å². The summed E-state index contributed by atoms with van der Waals surface area (Å²) in [6, 6.07) is 14.1. The van der Waals surface area contributed by atoms with Gasteiger partial charge in [-0.1, -0.05) is 18.2 Å². The molecule has 0 aliphatic rings. The molecule has 0 aliphatic heterocycles. The molecule has 3 rings (SSSR count). The van der Waals surface area contributed by atoms with Crippen LogP contribution in [0.3, 0.4) is 0 Å². The number of para-hydroxylation sites is 1. The molecule has 0 saturated heterocycles. The van der Waals surface area contributed by atoms with Gasteiger partial charge in [-0.25, -0.2) is 0 Å². The maximum Gasteiger partial charge on any atom is 0.232 e. The molecule has 0 radical (unpaired) electrons. The number of rotatable bonds is 5. The minimum Gasteiger partial charge on any atom is -0.461 e. The largest absolute Gasteiger partial charge is 0.461 e. The van der Waals surface area contributed by atoms with E-state index in [-0.39, 0.29) is 23.5 Å². The van der Waals surface area contributed by atoms with Crippen LogP contribution < -0.4 is 11.1 Å². The van der Waals surface area contributed by atoms with Crippen LogP contribution in [-0.4, -0.2) is 20.7 Å². The number of nitrogens with one attached hydrogen (secondary N) is 1. The van der Waals surface area contributed by atoms with Crippen molar-refractivity contribution in [3.05, 3.63) is 60.3 Å². The van der Waals surface area contributed by atoms with Crippen molar-refractivity contribution in [2.45, 2.75) is 5.92 Å². The van der Waals surface area contributed by atoms with Crippen molar-refractivity contribution in [1.82, 2.24) is 15.0 Å². The lowest BCUT2D eigenvalue weighted by molar-refractivity contribution is 0.0949. The highest BCUT2D eigenvalue weighted by Crippen LogP contribution is 2.20. The van der Waals surface area contributed by atoms with Crippen LogP contribution in [0, 0.1) is 11.3 Å². The number of nitrogens with two attached hydrogens (primary N) is 1. The number of nitrogen functional groups attached to an aromatic ring is 1. The molecule has 3 aromatic rings. The highest BCUT2D eigenvalue weighted by Gasteiger charge is 2.27. The second kappa shape index (κ2) is 6.58. The van der Waals surface area contributed by atoms with Gasteiger partial charge in [0.05, 0.1) is 12.3 Å². The maximum atomic E-state index is 12.3. The van der Waals surface area contributed by atoms with Crippen molar-refractivity contribution < 1.29 is 9.21 Å². The predicted molar refractivity (Wildman–Crippen MR) is 85.4 cm³/mol. The molecular formula is C16H12N6O2. The fourth-order valence-electron chi connectivity index (χ4n) is 2.04. The van der Waals surface area contributed by atoms with E-state index in [0.29, 0.717) is 0 Å². The summed E-state index contributed by atoms with van der Waals surface area (Å²) in [4.78, 5) is 24.3. The molecule has 2 aromatic heterocycles. The normalized spacial score (nSPS) is 11.5. The van der Waals surface area contributed by atoms with E-state index in [2.05, 4.69) is 20.3 Å². The zero-order valence-corrected chi connectivity index (χ0v) is 12.4. The molecule has 2 heterocycles. The van der Waals surface area contributed by atoms with Gasteiger partial charge in [0.1, 0.15) is 0 Å².